The second-order valence-electron chi connectivity index (χ2n) is 2.87. The Morgan fingerprint density at radius 2 is 2.25 bits per heavy atom. The van der Waals surface area contributed by atoms with Crippen LogP contribution >= 0.6 is 0 Å². The van der Waals surface area contributed by atoms with Crippen molar-refractivity contribution in [2.45, 2.75) is 19.3 Å². The van der Waals surface area contributed by atoms with Crippen LogP contribution in [0.3, 0.4) is 0 Å². The van der Waals surface area contributed by atoms with Crippen LogP contribution in [0.4, 0.5) is 0 Å². The maximum atomic E-state index is 10.5. The van der Waals surface area contributed by atoms with Crippen molar-refractivity contribution >= 4 is 5.97 Å². The van der Waals surface area contributed by atoms with Crippen LogP contribution in [0.1, 0.15) is 19.3 Å². The second kappa shape index (κ2) is 7.06. The van der Waals surface area contributed by atoms with Gasteiger partial charge in [-0.15, -0.1) is 0 Å². The lowest BCUT2D eigenvalue weighted by molar-refractivity contribution is -0.141. The number of carboxylic acid groups (broad SMARTS) is 1. The van der Waals surface area contributed by atoms with Gasteiger partial charge in [0.05, 0.1) is 5.92 Å². The van der Waals surface area contributed by atoms with Gasteiger partial charge in [0.2, 0.25) is 0 Å². The number of nitrogens with two attached hydrogens (primary N) is 1. The molecule has 0 rings (SSSR count). The van der Waals surface area contributed by atoms with Crippen molar-refractivity contribution in [2.75, 3.05) is 20.1 Å². The topological polar surface area (TPSA) is 75.3 Å². The Morgan fingerprint density at radius 3 is 2.67 bits per heavy atom. The maximum Gasteiger partial charge on any atom is 0.307 e. The molecule has 0 saturated carbocycles. The van der Waals surface area contributed by atoms with Crippen molar-refractivity contribution in [2.24, 2.45) is 11.7 Å². The normalized spacial score (nSPS) is 12.8. The summed E-state index contributed by atoms with van der Waals surface area (Å²) in [5, 5.41) is 11.6. The molecule has 12 heavy (non-hydrogen) atoms. The summed E-state index contributed by atoms with van der Waals surface area (Å²) in [5.74, 6) is -1.14. The van der Waals surface area contributed by atoms with Crippen LogP contribution in [-0.4, -0.2) is 31.2 Å². The van der Waals surface area contributed by atoms with E-state index < -0.39 is 5.97 Å². The molecule has 0 fully saturated rings. The fraction of sp³-hybridized carbons (Fsp3) is 0.875. The molecular formula is C8H18N2O2. The lowest BCUT2D eigenvalue weighted by atomic mass is 10.0. The average molecular weight is 174 g/mol. The number of nitrogens with one attached hydrogen (secondary N) is 1. The Labute approximate surface area is 73.1 Å². The van der Waals surface area contributed by atoms with Crippen molar-refractivity contribution in [1.29, 1.82) is 0 Å². The lowest BCUT2D eigenvalue weighted by Gasteiger charge is -2.08. The highest BCUT2D eigenvalue weighted by atomic mass is 16.4. The highest BCUT2D eigenvalue weighted by molar-refractivity contribution is 5.70. The van der Waals surface area contributed by atoms with E-state index in [-0.39, 0.29) is 12.5 Å². The van der Waals surface area contributed by atoms with Crippen LogP contribution in [0, 0.1) is 5.92 Å². The monoisotopic (exact) mass is 174 g/mol. The van der Waals surface area contributed by atoms with Gasteiger partial charge in [0.15, 0.2) is 0 Å². The maximum absolute atomic E-state index is 10.5. The molecule has 0 amide bonds. The molecule has 1 atom stereocenters. The zero-order chi connectivity index (χ0) is 9.40. The van der Waals surface area contributed by atoms with Gasteiger partial charge in [0.1, 0.15) is 0 Å². The van der Waals surface area contributed by atoms with E-state index >= 15 is 0 Å². The standard InChI is InChI=1S/C8H18N2O2/c1-10-5-3-2-4-7(6-9)8(11)12/h7,10H,2-6,9H2,1H3,(H,11,12)/t7-/m1/s1. The first-order valence-electron chi connectivity index (χ1n) is 4.29. The molecule has 0 aliphatic rings. The first kappa shape index (κ1) is 11.4. The van der Waals surface area contributed by atoms with Gasteiger partial charge >= 0.3 is 5.97 Å². The Kier molecular flexibility index (Phi) is 6.70. The number of rotatable bonds is 7. The highest BCUT2D eigenvalue weighted by Crippen LogP contribution is 2.06. The van der Waals surface area contributed by atoms with E-state index in [0.29, 0.717) is 6.42 Å². The molecule has 0 saturated heterocycles. The van der Waals surface area contributed by atoms with Crippen molar-refractivity contribution in [1.82, 2.24) is 5.32 Å². The summed E-state index contributed by atoms with van der Waals surface area (Å²) in [6, 6.07) is 0. The molecule has 0 radical (unpaired) electrons. The minimum Gasteiger partial charge on any atom is -0.481 e. The van der Waals surface area contributed by atoms with Crippen molar-refractivity contribution in [3.05, 3.63) is 0 Å². The van der Waals surface area contributed by atoms with Crippen molar-refractivity contribution in [3.8, 4) is 0 Å². The molecule has 0 aromatic rings. The Hall–Kier alpha value is -0.610. The largest absolute Gasteiger partial charge is 0.481 e. The summed E-state index contributed by atoms with van der Waals surface area (Å²) >= 11 is 0. The van der Waals surface area contributed by atoms with Gasteiger partial charge in [-0.2, -0.15) is 0 Å². The molecule has 4 N–H and O–H groups in total. The first-order chi connectivity index (χ1) is 5.72. The second-order valence-corrected chi connectivity index (χ2v) is 2.87. The molecule has 4 nitrogen and oxygen atoms in total. The van der Waals surface area contributed by atoms with Gasteiger partial charge in [-0.25, -0.2) is 0 Å². The Bertz CT molecular complexity index is 128. The van der Waals surface area contributed by atoms with Crippen molar-refractivity contribution in [3.63, 3.8) is 0 Å². The zero-order valence-corrected chi connectivity index (χ0v) is 7.55. The van der Waals surface area contributed by atoms with Gasteiger partial charge in [0.25, 0.3) is 0 Å². The molecule has 72 valence electrons. The summed E-state index contributed by atoms with van der Waals surface area (Å²) in [7, 11) is 1.89. The third-order valence-corrected chi connectivity index (χ3v) is 1.86. The predicted molar refractivity (Wildman–Crippen MR) is 48.0 cm³/mol. The molecule has 0 aliphatic heterocycles. The van der Waals surface area contributed by atoms with Crippen LogP contribution in [-0.2, 0) is 4.79 Å². The summed E-state index contributed by atoms with van der Waals surface area (Å²) < 4.78 is 0. The summed E-state index contributed by atoms with van der Waals surface area (Å²) in [6.45, 7) is 1.19. The number of carbonyl (C=O) groups is 1. The number of unbranched alkanes of at least 4 members (excludes halogenated alkanes) is 1. The smallest absolute Gasteiger partial charge is 0.307 e. The summed E-state index contributed by atoms with van der Waals surface area (Å²) in [6.07, 6.45) is 2.63. The van der Waals surface area contributed by atoms with E-state index in [9.17, 15) is 4.79 Å². The highest BCUT2D eigenvalue weighted by Gasteiger charge is 2.13. The van der Waals surface area contributed by atoms with E-state index in [1.54, 1.807) is 0 Å². The minimum atomic E-state index is -0.776. The van der Waals surface area contributed by atoms with Crippen LogP contribution in [0.5, 0.6) is 0 Å². The quantitative estimate of drug-likeness (QED) is 0.476. The fourth-order valence-corrected chi connectivity index (χ4v) is 1.03. The van der Waals surface area contributed by atoms with Crippen molar-refractivity contribution < 1.29 is 9.90 Å². The van der Waals surface area contributed by atoms with Crippen LogP contribution in [0.25, 0.3) is 0 Å². The third-order valence-electron chi connectivity index (χ3n) is 1.86. The average Bonchev–Trinajstić information content (AvgIpc) is 2.04. The van der Waals surface area contributed by atoms with Gasteiger partial charge in [-0.1, -0.05) is 6.42 Å². The SMILES string of the molecule is CNCCCC[C@H](CN)C(=O)O. The van der Waals surface area contributed by atoms with Crippen LogP contribution in [0.2, 0.25) is 0 Å². The van der Waals surface area contributed by atoms with Gasteiger partial charge in [-0.05, 0) is 26.4 Å². The lowest BCUT2D eigenvalue weighted by Crippen LogP contribution is -2.23. The Balaban J connectivity index is 3.38. The van der Waals surface area contributed by atoms with Crippen LogP contribution < -0.4 is 11.1 Å². The fourth-order valence-electron chi connectivity index (χ4n) is 1.03. The zero-order valence-electron chi connectivity index (χ0n) is 7.55. The molecule has 4 heteroatoms. The molecule has 0 aromatic heterocycles. The number of hydrogen-bond acceptors (Lipinski definition) is 3. The number of aliphatic carboxylic acids is 1. The minimum absolute atomic E-state index is 0.245. The number of carboxylic acids is 1. The van der Waals surface area contributed by atoms with Crippen LogP contribution in [0.15, 0.2) is 0 Å². The third kappa shape index (κ3) is 5.09. The van der Waals surface area contributed by atoms with Gasteiger partial charge in [0, 0.05) is 6.54 Å². The first-order valence-corrected chi connectivity index (χ1v) is 4.29. The molecule has 0 spiro atoms. The van der Waals surface area contributed by atoms with Gasteiger partial charge in [-0.3, -0.25) is 4.79 Å². The van der Waals surface area contributed by atoms with Gasteiger partial charge < -0.3 is 16.2 Å². The van der Waals surface area contributed by atoms with E-state index in [1.807, 2.05) is 7.05 Å². The number of hydrogen-bond donors (Lipinski definition) is 3. The van der Waals surface area contributed by atoms with E-state index in [4.69, 9.17) is 10.8 Å². The molecule has 0 bridgehead atoms. The molecule has 0 aliphatic carbocycles. The van der Waals surface area contributed by atoms with E-state index in [0.717, 1.165) is 19.4 Å². The Morgan fingerprint density at radius 1 is 1.58 bits per heavy atom. The molecule has 0 aromatic carbocycles. The van der Waals surface area contributed by atoms with E-state index in [1.165, 1.54) is 0 Å². The molecular weight excluding hydrogens is 156 g/mol. The predicted octanol–water partition coefficient (Wildman–Crippen LogP) is 0.0356. The molecule has 0 unspecified atom stereocenters. The summed E-state index contributed by atoms with van der Waals surface area (Å²) in [5.41, 5.74) is 5.29. The van der Waals surface area contributed by atoms with E-state index in [2.05, 4.69) is 5.32 Å². The summed E-state index contributed by atoms with van der Waals surface area (Å²) in [4.78, 5) is 10.5. The molecule has 0 heterocycles.